The van der Waals surface area contributed by atoms with Crippen LogP contribution in [0.15, 0.2) is 36.5 Å². The van der Waals surface area contributed by atoms with Gasteiger partial charge in [-0.25, -0.2) is 0 Å². The number of carbonyl (C=O) groups is 2. The first-order chi connectivity index (χ1) is 26.0. The van der Waals surface area contributed by atoms with E-state index in [0.29, 0.717) is 12.8 Å². The van der Waals surface area contributed by atoms with Crippen LogP contribution in [0, 0.1) is 0 Å². The lowest BCUT2D eigenvalue weighted by molar-refractivity contribution is -0.297. The maximum absolute atomic E-state index is 12.7. The minimum atomic E-state index is -4.60. The van der Waals surface area contributed by atoms with E-state index >= 15 is 0 Å². The molecular formula is C41H72O12S. The van der Waals surface area contributed by atoms with Crippen LogP contribution in [-0.2, 0) is 38.7 Å². The van der Waals surface area contributed by atoms with Gasteiger partial charge in [0.15, 0.2) is 12.4 Å². The molecule has 0 saturated carbocycles. The van der Waals surface area contributed by atoms with Crippen LogP contribution >= 0.6 is 0 Å². The molecule has 0 aromatic carbocycles. The number of rotatable bonds is 33. The van der Waals surface area contributed by atoms with Crippen LogP contribution in [0.5, 0.6) is 0 Å². The highest BCUT2D eigenvalue weighted by Crippen LogP contribution is 2.24. The van der Waals surface area contributed by atoms with Gasteiger partial charge in [-0.2, -0.15) is 8.42 Å². The molecule has 6 atom stereocenters. The summed E-state index contributed by atoms with van der Waals surface area (Å²) in [7, 11) is -4.60. The molecule has 0 radical (unpaired) electrons. The van der Waals surface area contributed by atoms with Gasteiger partial charge in [0.25, 0.3) is 10.1 Å². The molecule has 1 aliphatic rings. The Morgan fingerprint density at radius 3 is 1.74 bits per heavy atom. The van der Waals surface area contributed by atoms with Crippen LogP contribution in [-0.4, -0.2) is 96.0 Å². The third-order valence-electron chi connectivity index (χ3n) is 9.23. The molecule has 314 valence electrons. The van der Waals surface area contributed by atoms with Gasteiger partial charge in [-0.3, -0.25) is 14.1 Å². The molecule has 0 spiro atoms. The zero-order valence-electron chi connectivity index (χ0n) is 33.1. The third kappa shape index (κ3) is 26.6. The van der Waals surface area contributed by atoms with Gasteiger partial charge in [0.05, 0.1) is 6.61 Å². The summed E-state index contributed by atoms with van der Waals surface area (Å²) < 4.78 is 53.8. The molecule has 1 rings (SSSR count). The Balaban J connectivity index is 2.52. The maximum Gasteiger partial charge on any atom is 0.306 e. The number of carbonyl (C=O) groups excluding carboxylic acids is 2. The van der Waals surface area contributed by atoms with Crippen LogP contribution in [0.3, 0.4) is 0 Å². The summed E-state index contributed by atoms with van der Waals surface area (Å²) in [6.45, 7) is 3.60. The van der Waals surface area contributed by atoms with Crippen molar-refractivity contribution in [2.45, 2.75) is 192 Å². The minimum absolute atomic E-state index is 0.130. The van der Waals surface area contributed by atoms with Crippen molar-refractivity contribution in [3.63, 3.8) is 0 Å². The first-order valence-corrected chi connectivity index (χ1v) is 22.2. The molecule has 1 fully saturated rings. The second-order valence-corrected chi connectivity index (χ2v) is 15.8. The minimum Gasteiger partial charge on any atom is -0.462 e. The summed E-state index contributed by atoms with van der Waals surface area (Å²) in [5, 5.41) is 30.8. The van der Waals surface area contributed by atoms with E-state index in [1.54, 1.807) is 0 Å². The van der Waals surface area contributed by atoms with Crippen molar-refractivity contribution < 1.29 is 56.8 Å². The quantitative estimate of drug-likeness (QED) is 0.0223. The number of ether oxygens (including phenoxy) is 4. The van der Waals surface area contributed by atoms with E-state index in [2.05, 4.69) is 50.3 Å². The molecule has 1 heterocycles. The van der Waals surface area contributed by atoms with Crippen molar-refractivity contribution in [3.8, 4) is 0 Å². The SMILES string of the molecule is CC/C=C\C/C=C\C/C=C\CCCCCC(=O)OC(COC(=O)CCCCCCCCCCCCCCC)COC1OC(CS(=O)(=O)O)C(O)C(O)C1O. The van der Waals surface area contributed by atoms with E-state index in [1.165, 1.54) is 57.8 Å². The molecule has 0 aromatic rings. The highest BCUT2D eigenvalue weighted by molar-refractivity contribution is 7.85. The fraction of sp³-hybridized carbons (Fsp3) is 0.805. The molecule has 0 aromatic heterocycles. The van der Waals surface area contributed by atoms with Crippen molar-refractivity contribution >= 4 is 22.1 Å². The van der Waals surface area contributed by atoms with E-state index < -0.39 is 71.2 Å². The zero-order chi connectivity index (χ0) is 39.9. The van der Waals surface area contributed by atoms with E-state index in [4.69, 9.17) is 18.9 Å². The van der Waals surface area contributed by atoms with Crippen LogP contribution in [0.4, 0.5) is 0 Å². The van der Waals surface area contributed by atoms with Crippen molar-refractivity contribution in [1.82, 2.24) is 0 Å². The lowest BCUT2D eigenvalue weighted by Gasteiger charge is -2.40. The third-order valence-corrected chi connectivity index (χ3v) is 9.98. The van der Waals surface area contributed by atoms with Crippen LogP contribution in [0.2, 0.25) is 0 Å². The molecule has 1 aliphatic heterocycles. The second kappa shape index (κ2) is 32.0. The smallest absolute Gasteiger partial charge is 0.306 e. The first-order valence-electron chi connectivity index (χ1n) is 20.5. The van der Waals surface area contributed by atoms with Gasteiger partial charge >= 0.3 is 11.9 Å². The predicted molar refractivity (Wildman–Crippen MR) is 210 cm³/mol. The molecule has 54 heavy (non-hydrogen) atoms. The Hall–Kier alpha value is -2.13. The largest absolute Gasteiger partial charge is 0.462 e. The number of unbranched alkanes of at least 4 members (excludes halogenated alkanes) is 15. The molecule has 1 saturated heterocycles. The Morgan fingerprint density at radius 1 is 0.648 bits per heavy atom. The molecule has 0 amide bonds. The Morgan fingerprint density at radius 2 is 1.17 bits per heavy atom. The number of aliphatic hydroxyl groups is 3. The first kappa shape index (κ1) is 49.9. The maximum atomic E-state index is 12.7. The Labute approximate surface area is 325 Å². The highest BCUT2D eigenvalue weighted by Gasteiger charge is 2.46. The normalized spacial score (nSPS) is 21.3. The van der Waals surface area contributed by atoms with Gasteiger partial charge in [0.1, 0.15) is 36.8 Å². The zero-order valence-corrected chi connectivity index (χ0v) is 33.9. The van der Waals surface area contributed by atoms with Crippen molar-refractivity contribution in [2.24, 2.45) is 0 Å². The Kier molecular flexibility index (Phi) is 29.6. The summed E-state index contributed by atoms with van der Waals surface area (Å²) in [4.78, 5) is 25.3. The summed E-state index contributed by atoms with van der Waals surface area (Å²) in [5.74, 6) is -2.02. The predicted octanol–water partition coefficient (Wildman–Crippen LogP) is 7.44. The summed E-state index contributed by atoms with van der Waals surface area (Å²) >= 11 is 0. The van der Waals surface area contributed by atoms with Crippen LogP contribution in [0.25, 0.3) is 0 Å². The standard InChI is InChI=1S/C41H72O12S/c1-3-5-7-9-11-13-15-17-19-21-23-25-27-29-36(42)50-31-34(32-51-41-40(46)39(45)38(44)35(53-41)33-54(47,48)49)52-37(43)30-28-26-24-22-20-18-16-14-12-10-8-6-4-2/h6,8,12,14,18,20,34-35,38-41,44-46H,3-5,7,9-11,13,15-17,19,21-33H2,1-2H3,(H,47,48,49)/b8-6-,14-12-,20-18-. The molecule has 12 nitrogen and oxygen atoms in total. The molecular weight excluding hydrogens is 717 g/mol. The summed E-state index contributed by atoms with van der Waals surface area (Å²) in [5.41, 5.74) is 0. The van der Waals surface area contributed by atoms with E-state index in [1.807, 2.05) is 0 Å². The number of hydrogen-bond donors (Lipinski definition) is 4. The number of esters is 2. The topological polar surface area (TPSA) is 186 Å². The van der Waals surface area contributed by atoms with Crippen molar-refractivity contribution in [3.05, 3.63) is 36.5 Å². The van der Waals surface area contributed by atoms with E-state index in [0.717, 1.165) is 57.8 Å². The average molecular weight is 789 g/mol. The molecule has 13 heteroatoms. The van der Waals surface area contributed by atoms with E-state index in [-0.39, 0.29) is 19.4 Å². The van der Waals surface area contributed by atoms with Gasteiger partial charge < -0.3 is 34.3 Å². The average Bonchev–Trinajstić information content (AvgIpc) is 3.13. The van der Waals surface area contributed by atoms with E-state index in [9.17, 15) is 37.9 Å². The molecule has 0 aliphatic carbocycles. The van der Waals surface area contributed by atoms with Gasteiger partial charge in [-0.1, -0.05) is 134 Å². The fourth-order valence-electron chi connectivity index (χ4n) is 6.04. The second-order valence-electron chi connectivity index (χ2n) is 14.3. The molecule has 6 unspecified atom stereocenters. The summed E-state index contributed by atoms with van der Waals surface area (Å²) in [6.07, 6.45) is 24.9. The Bertz CT molecular complexity index is 1150. The lowest BCUT2D eigenvalue weighted by atomic mass is 10.00. The highest BCUT2D eigenvalue weighted by atomic mass is 32.2. The monoisotopic (exact) mass is 788 g/mol. The van der Waals surface area contributed by atoms with Crippen LogP contribution in [0.1, 0.15) is 155 Å². The number of allylic oxidation sites excluding steroid dienone is 6. The fourth-order valence-corrected chi connectivity index (χ4v) is 6.73. The van der Waals surface area contributed by atoms with Gasteiger partial charge in [0.2, 0.25) is 0 Å². The number of hydrogen-bond acceptors (Lipinski definition) is 11. The van der Waals surface area contributed by atoms with Gasteiger partial charge in [-0.05, 0) is 44.9 Å². The van der Waals surface area contributed by atoms with Crippen molar-refractivity contribution in [1.29, 1.82) is 0 Å². The van der Waals surface area contributed by atoms with Gasteiger partial charge in [-0.15, -0.1) is 0 Å². The lowest BCUT2D eigenvalue weighted by Crippen LogP contribution is -2.60. The number of aliphatic hydroxyl groups excluding tert-OH is 3. The van der Waals surface area contributed by atoms with Crippen molar-refractivity contribution in [2.75, 3.05) is 19.0 Å². The molecule has 0 bridgehead atoms. The van der Waals surface area contributed by atoms with Gasteiger partial charge in [0, 0.05) is 12.8 Å². The van der Waals surface area contributed by atoms with Crippen LogP contribution < -0.4 is 0 Å². The summed E-state index contributed by atoms with van der Waals surface area (Å²) in [6, 6.07) is 0. The molecule has 4 N–H and O–H groups in total.